The van der Waals surface area contributed by atoms with Crippen LogP contribution < -0.4 is 4.90 Å². The summed E-state index contributed by atoms with van der Waals surface area (Å²) in [4.78, 5) is 2.52. The average Bonchev–Trinajstić information content (AvgIpc) is 3.83. The summed E-state index contributed by atoms with van der Waals surface area (Å²) in [5.74, 6) is 2.84. The van der Waals surface area contributed by atoms with Gasteiger partial charge in [-0.1, -0.05) is 194 Å². The lowest BCUT2D eigenvalue weighted by Gasteiger charge is -2.65. The Morgan fingerprint density at radius 2 is 0.753 bits per heavy atom. The first kappa shape index (κ1) is 42.5. The summed E-state index contributed by atoms with van der Waals surface area (Å²) in [5, 5.41) is 2.30. The molecule has 0 saturated heterocycles. The van der Waals surface area contributed by atoms with E-state index in [4.69, 9.17) is 4.42 Å². The Labute approximate surface area is 428 Å². The molecule has 0 N–H and O–H groups in total. The van der Waals surface area contributed by atoms with Crippen molar-refractivity contribution in [1.29, 1.82) is 0 Å². The van der Waals surface area contributed by atoms with Gasteiger partial charge in [0.2, 0.25) is 0 Å². The predicted octanol–water partition coefficient (Wildman–Crippen LogP) is 18.5. The minimum Gasteiger partial charge on any atom is -0.456 e. The van der Waals surface area contributed by atoms with Gasteiger partial charge in [0.1, 0.15) is 11.2 Å². The van der Waals surface area contributed by atoms with Gasteiger partial charge in [-0.25, -0.2) is 0 Å². The van der Waals surface area contributed by atoms with Crippen molar-refractivity contribution in [2.75, 3.05) is 4.90 Å². The van der Waals surface area contributed by atoms with Gasteiger partial charge >= 0.3 is 0 Å². The Morgan fingerprint density at radius 3 is 1.36 bits per heavy atom. The highest BCUT2D eigenvalue weighted by Crippen LogP contribution is 2.70. The van der Waals surface area contributed by atoms with Gasteiger partial charge in [-0.2, -0.15) is 0 Å². The molecule has 0 atom stereocenters. The molecule has 0 unspecified atom stereocenters. The molecule has 350 valence electrons. The number of furan rings is 1. The van der Waals surface area contributed by atoms with Gasteiger partial charge in [0.05, 0.1) is 5.41 Å². The molecular weight excluding hydrogens is 883 g/mol. The van der Waals surface area contributed by atoms with Gasteiger partial charge in [0, 0.05) is 33.2 Å². The van der Waals surface area contributed by atoms with Crippen LogP contribution in [0.5, 0.6) is 0 Å². The van der Waals surface area contributed by atoms with Crippen LogP contribution in [0.2, 0.25) is 0 Å². The first-order valence-corrected chi connectivity index (χ1v) is 26.6. The van der Waals surface area contributed by atoms with Crippen LogP contribution in [0.25, 0.3) is 55.3 Å². The number of benzene rings is 10. The van der Waals surface area contributed by atoms with Crippen molar-refractivity contribution in [1.82, 2.24) is 0 Å². The summed E-state index contributed by atoms with van der Waals surface area (Å²) < 4.78 is 6.37. The lowest BCUT2D eigenvalue weighted by Crippen LogP contribution is -2.59. The van der Waals surface area contributed by atoms with Crippen molar-refractivity contribution in [2.24, 2.45) is 23.7 Å². The third-order valence-corrected chi connectivity index (χ3v) is 18.0. The van der Waals surface area contributed by atoms with Crippen molar-refractivity contribution < 1.29 is 4.42 Å². The number of hydrogen-bond donors (Lipinski definition) is 0. The molecule has 5 aliphatic rings. The minimum absolute atomic E-state index is 0.0942. The quantitative estimate of drug-likeness (QED) is 0.151. The monoisotopic (exact) mass is 937 g/mol. The topological polar surface area (TPSA) is 16.4 Å². The van der Waals surface area contributed by atoms with Crippen molar-refractivity contribution in [3.05, 3.63) is 282 Å². The minimum atomic E-state index is -0.502. The third-order valence-electron chi connectivity index (χ3n) is 18.0. The van der Waals surface area contributed by atoms with Gasteiger partial charge in [-0.05, 0) is 177 Å². The lowest BCUT2D eigenvalue weighted by molar-refractivity contribution is -0.0440. The molecule has 1 aromatic heterocycles. The van der Waals surface area contributed by atoms with Crippen LogP contribution in [0.15, 0.2) is 253 Å². The number of nitrogens with zero attached hydrogens (tertiary/aromatic N) is 1. The zero-order valence-corrected chi connectivity index (χ0v) is 40.9. The van der Waals surface area contributed by atoms with E-state index in [1.807, 2.05) is 6.07 Å². The second kappa shape index (κ2) is 16.7. The molecular formula is C71H55NO. The Hall–Kier alpha value is -8.20. The molecule has 0 radical (unpaired) electrons. The highest BCUT2D eigenvalue weighted by Gasteiger charge is 2.63. The van der Waals surface area contributed by atoms with Crippen LogP contribution in [-0.4, -0.2) is 0 Å². The fourth-order valence-electron chi connectivity index (χ4n) is 15.2. The van der Waals surface area contributed by atoms with Crippen molar-refractivity contribution in [3.63, 3.8) is 0 Å². The fraction of sp³-hybridized carbons (Fsp3) is 0.155. The highest BCUT2D eigenvalue weighted by molar-refractivity contribution is 6.06. The SMILES string of the molecule is c1ccc(-c2ccc(-c3ccc(N(c4ccc(-c5ccc6c(c5)oc5ccccc56)cc4)c4ccc5c(c4)C4(c6ccccc6C5(c5ccccc5)c5ccccc5)C5CC6CC(C5)CC4C6)cc3)cc2)cc1. The Morgan fingerprint density at radius 1 is 0.315 bits per heavy atom. The van der Waals surface area contributed by atoms with E-state index in [1.54, 1.807) is 5.56 Å². The largest absolute Gasteiger partial charge is 0.456 e. The normalized spacial score (nSPS) is 21.0. The molecule has 4 bridgehead atoms. The van der Waals surface area contributed by atoms with Gasteiger partial charge in [0.15, 0.2) is 0 Å². The molecule has 2 nitrogen and oxygen atoms in total. The van der Waals surface area contributed by atoms with Gasteiger partial charge < -0.3 is 9.32 Å². The van der Waals surface area contributed by atoms with Crippen molar-refractivity contribution >= 4 is 39.0 Å². The first-order valence-electron chi connectivity index (χ1n) is 26.6. The molecule has 10 aromatic carbocycles. The molecule has 5 aliphatic carbocycles. The summed E-state index contributed by atoms with van der Waals surface area (Å²) in [6, 6.07) is 93.3. The first-order chi connectivity index (χ1) is 36.1. The van der Waals surface area contributed by atoms with Gasteiger partial charge in [-0.15, -0.1) is 0 Å². The lowest BCUT2D eigenvalue weighted by atomic mass is 9.38. The highest BCUT2D eigenvalue weighted by atomic mass is 16.3. The molecule has 4 fully saturated rings. The molecule has 16 rings (SSSR count). The van der Waals surface area contributed by atoms with Gasteiger partial charge in [0.25, 0.3) is 0 Å². The van der Waals surface area contributed by atoms with Gasteiger partial charge in [-0.3, -0.25) is 0 Å². The van der Waals surface area contributed by atoms with Crippen LogP contribution in [0.3, 0.4) is 0 Å². The Balaban J connectivity index is 0.922. The average molecular weight is 938 g/mol. The van der Waals surface area contributed by atoms with E-state index in [0.717, 1.165) is 56.3 Å². The summed E-state index contributed by atoms with van der Waals surface area (Å²) in [6.45, 7) is 0. The molecule has 0 aliphatic heterocycles. The van der Waals surface area contributed by atoms with Crippen LogP contribution >= 0.6 is 0 Å². The zero-order valence-electron chi connectivity index (χ0n) is 40.9. The number of fused-ring (bicyclic) bond motifs is 5. The maximum absolute atomic E-state index is 6.37. The van der Waals surface area contributed by atoms with Crippen LogP contribution in [0, 0.1) is 23.7 Å². The van der Waals surface area contributed by atoms with Crippen molar-refractivity contribution in [2.45, 2.75) is 42.9 Å². The number of hydrogen-bond acceptors (Lipinski definition) is 2. The molecule has 4 saturated carbocycles. The number of rotatable bonds is 8. The molecule has 11 aromatic rings. The van der Waals surface area contributed by atoms with Crippen molar-refractivity contribution in [3.8, 4) is 33.4 Å². The Bertz CT molecular complexity index is 3770. The zero-order chi connectivity index (χ0) is 48.1. The van der Waals surface area contributed by atoms with E-state index in [9.17, 15) is 0 Å². The summed E-state index contributed by atoms with van der Waals surface area (Å²) in [5.41, 5.74) is 20.5. The standard InChI is InChI=1S/C71H55NO/c1-4-14-49(15-5-1)50-24-26-51(27-25-50)52-28-33-59(34-29-52)72(60-35-30-53(31-36-60)54-32-38-63-62-20-10-13-23-68(62)73-69(63)45-54)61-37-39-66-67(46-61)71(57-41-47-40-48(43-57)44-58(71)42-47)65-22-12-11-21-64(65)70(66,55-16-6-2-7-17-55)56-18-8-3-9-19-56/h1-39,45-48,57-58H,40-44H2. The van der Waals surface area contributed by atoms with Crippen LogP contribution in [-0.2, 0) is 10.8 Å². The second-order valence-electron chi connectivity index (χ2n) is 21.6. The van der Waals surface area contributed by atoms with E-state index < -0.39 is 5.41 Å². The molecule has 2 heteroatoms. The Kier molecular flexibility index (Phi) is 9.71. The number of anilines is 3. The third kappa shape index (κ3) is 6.49. The second-order valence-corrected chi connectivity index (χ2v) is 21.6. The molecule has 1 heterocycles. The molecule has 1 spiro atoms. The fourth-order valence-corrected chi connectivity index (χ4v) is 15.2. The molecule has 0 amide bonds. The van der Waals surface area contributed by atoms with E-state index in [2.05, 4.69) is 248 Å². The van der Waals surface area contributed by atoms with E-state index in [1.165, 1.54) is 87.9 Å². The molecule has 73 heavy (non-hydrogen) atoms. The predicted molar refractivity (Wildman–Crippen MR) is 301 cm³/mol. The summed E-state index contributed by atoms with van der Waals surface area (Å²) >= 11 is 0. The van der Waals surface area contributed by atoms with E-state index in [0.29, 0.717) is 11.8 Å². The maximum atomic E-state index is 6.37. The smallest absolute Gasteiger partial charge is 0.136 e. The maximum Gasteiger partial charge on any atom is 0.136 e. The van der Waals surface area contributed by atoms with Crippen LogP contribution in [0.1, 0.15) is 65.5 Å². The van der Waals surface area contributed by atoms with Crippen LogP contribution in [0.4, 0.5) is 17.1 Å². The van der Waals surface area contributed by atoms with E-state index in [-0.39, 0.29) is 5.41 Å². The summed E-state index contributed by atoms with van der Waals surface area (Å²) in [7, 11) is 0. The van der Waals surface area contributed by atoms with E-state index >= 15 is 0 Å². The summed E-state index contributed by atoms with van der Waals surface area (Å²) in [6.07, 6.45) is 6.67. The number of para-hydroxylation sites is 1.